The van der Waals surface area contributed by atoms with Gasteiger partial charge in [0.25, 0.3) is 0 Å². The van der Waals surface area contributed by atoms with Crippen molar-refractivity contribution in [2.24, 2.45) is 11.0 Å². The molecule has 0 bridgehead atoms. The zero-order chi connectivity index (χ0) is 20.1. The highest BCUT2D eigenvalue weighted by Gasteiger charge is 2.11. The second-order valence-corrected chi connectivity index (χ2v) is 8.19. The van der Waals surface area contributed by atoms with Crippen LogP contribution < -0.4 is 5.43 Å². The van der Waals surface area contributed by atoms with Crippen LogP contribution in [0, 0.1) is 31.1 Å². The quantitative estimate of drug-likeness (QED) is 0.418. The van der Waals surface area contributed by atoms with Gasteiger partial charge in [-0.2, -0.15) is 10.4 Å². The fourth-order valence-electron chi connectivity index (χ4n) is 2.97. The minimum atomic E-state index is 0.285. The third-order valence-corrected chi connectivity index (χ3v) is 5.23. The zero-order valence-electron chi connectivity index (χ0n) is 16.7. The van der Waals surface area contributed by atoms with E-state index in [0.717, 1.165) is 28.9 Å². The van der Waals surface area contributed by atoms with Gasteiger partial charge in [0.1, 0.15) is 6.07 Å². The zero-order valence-corrected chi connectivity index (χ0v) is 17.5. The molecule has 3 rings (SSSR count). The van der Waals surface area contributed by atoms with Crippen molar-refractivity contribution in [1.82, 2.24) is 4.98 Å². The molecule has 0 atom stereocenters. The molecule has 142 valence electrons. The fraction of sp³-hybridized carbons (Fsp3) is 0.261. The van der Waals surface area contributed by atoms with E-state index in [1.807, 2.05) is 31.4 Å². The summed E-state index contributed by atoms with van der Waals surface area (Å²) in [5, 5.41) is 16.4. The number of nitrogens with one attached hydrogen (secondary N) is 1. The van der Waals surface area contributed by atoms with Crippen LogP contribution in [0.1, 0.15) is 35.5 Å². The summed E-state index contributed by atoms with van der Waals surface area (Å²) in [6.45, 7) is 8.50. The lowest BCUT2D eigenvalue weighted by molar-refractivity contribution is 0.647. The number of thiazole rings is 1. The maximum absolute atomic E-state index is 9.52. The Labute approximate surface area is 170 Å². The number of hydrogen-bond donors (Lipinski definition) is 1. The van der Waals surface area contributed by atoms with Gasteiger partial charge >= 0.3 is 0 Å². The lowest BCUT2D eigenvalue weighted by Gasteiger charge is -2.06. The molecular formula is C23H24N4S. The van der Waals surface area contributed by atoms with E-state index < -0.39 is 0 Å². The Bertz CT molecular complexity index is 1020. The van der Waals surface area contributed by atoms with Gasteiger partial charge < -0.3 is 0 Å². The molecule has 2 aromatic carbocycles. The Kier molecular flexibility index (Phi) is 6.23. The van der Waals surface area contributed by atoms with Crippen LogP contribution in [0.3, 0.4) is 0 Å². The minimum absolute atomic E-state index is 0.285. The van der Waals surface area contributed by atoms with Gasteiger partial charge in [-0.05, 0) is 43.4 Å². The van der Waals surface area contributed by atoms with Crippen LogP contribution in [-0.2, 0) is 6.42 Å². The van der Waals surface area contributed by atoms with Gasteiger partial charge in [0.15, 0.2) is 10.7 Å². The van der Waals surface area contributed by atoms with Gasteiger partial charge in [0.05, 0.1) is 11.4 Å². The molecule has 1 N–H and O–H groups in total. The van der Waals surface area contributed by atoms with E-state index in [9.17, 15) is 5.26 Å². The molecule has 0 aliphatic carbocycles. The first-order valence-corrected chi connectivity index (χ1v) is 10.2. The third kappa shape index (κ3) is 4.85. The molecule has 0 saturated carbocycles. The summed E-state index contributed by atoms with van der Waals surface area (Å²) in [5.41, 5.74) is 9.69. The van der Waals surface area contributed by atoms with Crippen LogP contribution in [0.25, 0.3) is 11.3 Å². The van der Waals surface area contributed by atoms with Crippen molar-refractivity contribution in [2.75, 3.05) is 5.43 Å². The summed E-state index contributed by atoms with van der Waals surface area (Å²) in [5.74, 6) is 0.635. The predicted octanol–water partition coefficient (Wildman–Crippen LogP) is 5.97. The van der Waals surface area contributed by atoms with E-state index in [1.54, 1.807) is 0 Å². The number of anilines is 1. The minimum Gasteiger partial charge on any atom is -0.277 e. The van der Waals surface area contributed by atoms with Gasteiger partial charge in [-0.25, -0.2) is 4.98 Å². The monoisotopic (exact) mass is 388 g/mol. The normalized spacial score (nSPS) is 11.5. The van der Waals surface area contributed by atoms with Crippen LogP contribution >= 0.6 is 11.3 Å². The Morgan fingerprint density at radius 2 is 1.93 bits per heavy atom. The summed E-state index contributed by atoms with van der Waals surface area (Å²) in [6.07, 6.45) is 1.07. The second-order valence-electron chi connectivity index (χ2n) is 7.34. The Morgan fingerprint density at radius 1 is 1.18 bits per heavy atom. The predicted molar refractivity (Wildman–Crippen MR) is 118 cm³/mol. The summed E-state index contributed by atoms with van der Waals surface area (Å²) in [6, 6.07) is 16.7. The molecule has 3 aromatic rings. The number of nitriles is 1. The van der Waals surface area contributed by atoms with Gasteiger partial charge in [0, 0.05) is 10.9 Å². The molecule has 28 heavy (non-hydrogen) atoms. The van der Waals surface area contributed by atoms with E-state index in [-0.39, 0.29) is 5.71 Å². The molecule has 0 unspecified atom stereocenters. The second kappa shape index (κ2) is 8.81. The Balaban J connectivity index is 1.78. The highest BCUT2D eigenvalue weighted by molar-refractivity contribution is 7.12. The van der Waals surface area contributed by atoms with Crippen molar-refractivity contribution in [2.45, 2.75) is 34.1 Å². The first-order valence-electron chi connectivity index (χ1n) is 9.32. The molecule has 0 spiro atoms. The van der Waals surface area contributed by atoms with Crippen molar-refractivity contribution in [3.05, 3.63) is 69.5 Å². The topological polar surface area (TPSA) is 61.1 Å². The molecule has 5 heteroatoms. The molecule has 0 saturated heterocycles. The first kappa shape index (κ1) is 19.8. The molecule has 0 radical (unpaired) electrons. The van der Waals surface area contributed by atoms with Crippen LogP contribution in [0.4, 0.5) is 5.69 Å². The van der Waals surface area contributed by atoms with E-state index in [1.165, 1.54) is 22.5 Å². The van der Waals surface area contributed by atoms with Crippen molar-refractivity contribution >= 4 is 22.7 Å². The summed E-state index contributed by atoms with van der Waals surface area (Å²) in [7, 11) is 0. The number of hydrogen-bond acceptors (Lipinski definition) is 5. The molecule has 1 heterocycles. The number of aromatic nitrogens is 1. The Morgan fingerprint density at radius 3 is 2.57 bits per heavy atom. The van der Waals surface area contributed by atoms with Crippen LogP contribution in [0.5, 0.6) is 0 Å². The average Bonchev–Trinajstić information content (AvgIpc) is 3.14. The molecule has 0 fully saturated rings. The SMILES string of the molecule is Cc1ccc(NN=C(C#N)c2nc(-c3ccc(CC(C)C)cc3)cs2)c(C)c1. The van der Waals surface area contributed by atoms with Gasteiger partial charge in [-0.1, -0.05) is 55.8 Å². The maximum atomic E-state index is 9.52. The number of nitrogens with zero attached hydrogens (tertiary/aromatic N) is 3. The van der Waals surface area contributed by atoms with E-state index in [4.69, 9.17) is 0 Å². The molecule has 4 nitrogen and oxygen atoms in total. The molecular weight excluding hydrogens is 364 g/mol. The number of rotatable bonds is 6. The lowest BCUT2D eigenvalue weighted by atomic mass is 10.0. The Hall–Kier alpha value is -2.97. The van der Waals surface area contributed by atoms with Crippen LogP contribution in [-0.4, -0.2) is 10.7 Å². The largest absolute Gasteiger partial charge is 0.277 e. The van der Waals surface area contributed by atoms with Gasteiger partial charge in [-0.15, -0.1) is 11.3 Å². The van der Waals surface area contributed by atoms with Crippen molar-refractivity contribution in [3.8, 4) is 17.3 Å². The van der Waals surface area contributed by atoms with Crippen molar-refractivity contribution in [3.63, 3.8) is 0 Å². The third-order valence-electron chi connectivity index (χ3n) is 4.38. The maximum Gasteiger partial charge on any atom is 0.196 e. The fourth-order valence-corrected chi connectivity index (χ4v) is 3.74. The van der Waals surface area contributed by atoms with Crippen LogP contribution in [0.15, 0.2) is 52.9 Å². The van der Waals surface area contributed by atoms with Crippen molar-refractivity contribution in [1.29, 1.82) is 5.26 Å². The number of hydrazone groups is 1. The standard InChI is InChI=1S/C23H24N4S/c1-15(2)11-18-6-8-19(9-7-18)22-14-28-23(25-22)21(13-24)27-26-20-10-5-16(3)12-17(20)4/h5-10,12,14-15,26H,11H2,1-4H3. The molecule has 1 aromatic heterocycles. The van der Waals surface area contributed by atoms with E-state index >= 15 is 0 Å². The summed E-state index contributed by atoms with van der Waals surface area (Å²) in [4.78, 5) is 4.62. The molecule has 0 amide bonds. The van der Waals surface area contributed by atoms with E-state index in [0.29, 0.717) is 10.9 Å². The number of aryl methyl sites for hydroxylation is 2. The average molecular weight is 389 g/mol. The highest BCUT2D eigenvalue weighted by Crippen LogP contribution is 2.24. The lowest BCUT2D eigenvalue weighted by Crippen LogP contribution is -2.02. The first-order chi connectivity index (χ1) is 13.5. The smallest absolute Gasteiger partial charge is 0.196 e. The highest BCUT2D eigenvalue weighted by atomic mass is 32.1. The molecule has 0 aliphatic heterocycles. The number of benzene rings is 2. The van der Waals surface area contributed by atoms with Crippen molar-refractivity contribution < 1.29 is 0 Å². The summed E-state index contributed by atoms with van der Waals surface area (Å²) < 4.78 is 0. The summed E-state index contributed by atoms with van der Waals surface area (Å²) >= 11 is 1.43. The van der Waals surface area contributed by atoms with Gasteiger partial charge in [0.2, 0.25) is 0 Å². The van der Waals surface area contributed by atoms with E-state index in [2.05, 4.69) is 65.8 Å². The molecule has 0 aliphatic rings. The van der Waals surface area contributed by atoms with Gasteiger partial charge in [-0.3, -0.25) is 5.43 Å². The van der Waals surface area contributed by atoms with Crippen LogP contribution in [0.2, 0.25) is 0 Å².